The van der Waals surface area contributed by atoms with Crippen molar-refractivity contribution in [3.63, 3.8) is 0 Å². The maximum Gasteiger partial charge on any atom is 0.335 e. The Morgan fingerprint density at radius 2 is 2.05 bits per heavy atom. The van der Waals surface area contributed by atoms with E-state index in [-0.39, 0.29) is 18.1 Å². The minimum absolute atomic E-state index is 0.1000. The van der Waals surface area contributed by atoms with E-state index < -0.39 is 5.97 Å². The molecule has 0 aromatic heterocycles. The zero-order valence-corrected chi connectivity index (χ0v) is 12.5. The van der Waals surface area contributed by atoms with Crippen LogP contribution in [0, 0.1) is 3.57 Å². The molecule has 1 amide bonds. The molecule has 1 aromatic carbocycles. The molecule has 1 aromatic rings. The number of rotatable bonds is 7. The lowest BCUT2D eigenvalue weighted by molar-refractivity contribution is -0.121. The number of halogens is 1. The second-order valence-electron chi connectivity index (χ2n) is 3.63. The summed E-state index contributed by atoms with van der Waals surface area (Å²) in [5, 5.41) is 11.5. The quantitative estimate of drug-likeness (QED) is 0.555. The number of carbonyl (C=O) groups is 2. The average molecular weight is 379 g/mol. The summed E-state index contributed by atoms with van der Waals surface area (Å²) < 4.78 is 10.6. The van der Waals surface area contributed by atoms with Crippen molar-refractivity contribution in [1.29, 1.82) is 0 Å². The molecule has 0 spiro atoms. The lowest BCUT2D eigenvalue weighted by atomic mass is 10.2. The van der Waals surface area contributed by atoms with Crippen LogP contribution in [0.1, 0.15) is 10.4 Å². The standard InChI is InChI=1S/C12H14INO5/c1-18-2-3-19-7-11(15)14-10-5-8(12(16)17)4-9(13)6-10/h4-6H,2-3,7H2,1H3,(H,14,15)(H,16,17). The summed E-state index contributed by atoms with van der Waals surface area (Å²) >= 11 is 1.99. The number of nitrogens with one attached hydrogen (secondary N) is 1. The predicted octanol–water partition coefficient (Wildman–Crippen LogP) is 1.59. The van der Waals surface area contributed by atoms with Crippen LogP contribution in [0.25, 0.3) is 0 Å². The first-order valence-electron chi connectivity index (χ1n) is 5.43. The fraction of sp³-hybridized carbons (Fsp3) is 0.333. The van der Waals surface area contributed by atoms with Crippen molar-refractivity contribution in [2.45, 2.75) is 0 Å². The summed E-state index contributed by atoms with van der Waals surface area (Å²) in [5.41, 5.74) is 0.562. The Morgan fingerprint density at radius 1 is 1.32 bits per heavy atom. The number of amides is 1. The molecule has 0 saturated heterocycles. The third kappa shape index (κ3) is 5.99. The summed E-state index contributed by atoms with van der Waals surface area (Å²) in [4.78, 5) is 22.4. The number of anilines is 1. The molecule has 0 aliphatic heterocycles. The molecule has 2 N–H and O–H groups in total. The van der Waals surface area contributed by atoms with E-state index in [2.05, 4.69) is 5.32 Å². The molecule has 7 heteroatoms. The molecule has 1 rings (SSSR count). The highest BCUT2D eigenvalue weighted by atomic mass is 127. The molecule has 0 fully saturated rings. The van der Waals surface area contributed by atoms with E-state index in [1.54, 1.807) is 13.2 Å². The van der Waals surface area contributed by atoms with Crippen LogP contribution in [-0.2, 0) is 14.3 Å². The van der Waals surface area contributed by atoms with Gasteiger partial charge in [-0.2, -0.15) is 0 Å². The molecule has 0 radical (unpaired) electrons. The van der Waals surface area contributed by atoms with Crippen molar-refractivity contribution in [2.24, 2.45) is 0 Å². The van der Waals surface area contributed by atoms with Gasteiger partial charge in [-0.05, 0) is 40.8 Å². The minimum Gasteiger partial charge on any atom is -0.478 e. The van der Waals surface area contributed by atoms with E-state index >= 15 is 0 Å². The van der Waals surface area contributed by atoms with Crippen LogP contribution in [0.3, 0.4) is 0 Å². The van der Waals surface area contributed by atoms with Gasteiger partial charge in [-0.25, -0.2) is 4.79 Å². The summed E-state index contributed by atoms with van der Waals surface area (Å²) in [7, 11) is 1.54. The van der Waals surface area contributed by atoms with Gasteiger partial charge in [0.15, 0.2) is 0 Å². The van der Waals surface area contributed by atoms with Gasteiger partial charge >= 0.3 is 5.97 Å². The maximum atomic E-state index is 11.5. The zero-order chi connectivity index (χ0) is 14.3. The van der Waals surface area contributed by atoms with Crippen LogP contribution in [0.2, 0.25) is 0 Å². The van der Waals surface area contributed by atoms with Crippen molar-refractivity contribution in [3.05, 3.63) is 27.3 Å². The number of hydrogen-bond acceptors (Lipinski definition) is 4. The molecular weight excluding hydrogens is 365 g/mol. The zero-order valence-electron chi connectivity index (χ0n) is 10.3. The van der Waals surface area contributed by atoms with Crippen LogP contribution < -0.4 is 5.32 Å². The fourth-order valence-electron chi connectivity index (χ4n) is 1.29. The highest BCUT2D eigenvalue weighted by Crippen LogP contribution is 2.16. The normalized spacial score (nSPS) is 10.2. The molecule has 0 aliphatic rings. The van der Waals surface area contributed by atoms with Crippen molar-refractivity contribution in [2.75, 3.05) is 32.2 Å². The Balaban J connectivity index is 2.56. The van der Waals surface area contributed by atoms with Gasteiger partial charge in [-0.3, -0.25) is 4.79 Å². The van der Waals surface area contributed by atoms with Crippen molar-refractivity contribution in [3.8, 4) is 0 Å². The number of methoxy groups -OCH3 is 1. The molecule has 0 bridgehead atoms. The van der Waals surface area contributed by atoms with E-state index in [0.29, 0.717) is 18.9 Å². The Bertz CT molecular complexity index is 463. The molecule has 0 aliphatic carbocycles. The monoisotopic (exact) mass is 379 g/mol. The van der Waals surface area contributed by atoms with Gasteiger partial charge in [0, 0.05) is 16.4 Å². The maximum absolute atomic E-state index is 11.5. The molecule has 6 nitrogen and oxygen atoms in total. The number of carboxylic acids is 1. The Hall–Kier alpha value is -1.19. The van der Waals surface area contributed by atoms with Crippen LogP contribution in [0.15, 0.2) is 18.2 Å². The van der Waals surface area contributed by atoms with Crippen molar-refractivity contribution < 1.29 is 24.2 Å². The van der Waals surface area contributed by atoms with Crippen LogP contribution in [-0.4, -0.2) is 43.9 Å². The second-order valence-corrected chi connectivity index (χ2v) is 4.87. The van der Waals surface area contributed by atoms with Gasteiger partial charge in [0.25, 0.3) is 0 Å². The number of ether oxygens (including phenoxy) is 2. The third-order valence-electron chi connectivity index (χ3n) is 2.09. The fourth-order valence-corrected chi connectivity index (χ4v) is 1.96. The number of benzene rings is 1. The SMILES string of the molecule is COCCOCC(=O)Nc1cc(I)cc(C(=O)O)c1. The Morgan fingerprint density at radius 3 is 2.68 bits per heavy atom. The summed E-state index contributed by atoms with van der Waals surface area (Å²) in [6.07, 6.45) is 0. The smallest absolute Gasteiger partial charge is 0.335 e. The van der Waals surface area contributed by atoms with Crippen LogP contribution in [0.5, 0.6) is 0 Å². The molecule has 104 valence electrons. The summed E-state index contributed by atoms with van der Waals surface area (Å²) in [6.45, 7) is 0.646. The van der Waals surface area contributed by atoms with Crippen LogP contribution >= 0.6 is 22.6 Å². The van der Waals surface area contributed by atoms with Gasteiger partial charge in [0.1, 0.15) is 6.61 Å². The minimum atomic E-state index is -1.04. The van der Waals surface area contributed by atoms with E-state index in [1.807, 2.05) is 22.6 Å². The van der Waals surface area contributed by atoms with Crippen LogP contribution in [0.4, 0.5) is 5.69 Å². The highest BCUT2D eigenvalue weighted by Gasteiger charge is 2.08. The molecular formula is C12H14INO5. The topological polar surface area (TPSA) is 84.9 Å². The molecule has 19 heavy (non-hydrogen) atoms. The summed E-state index contributed by atoms with van der Waals surface area (Å²) in [6, 6.07) is 4.60. The lowest BCUT2D eigenvalue weighted by Gasteiger charge is -2.07. The first-order chi connectivity index (χ1) is 9.02. The summed E-state index contributed by atoms with van der Waals surface area (Å²) in [5.74, 6) is -1.38. The molecule has 0 saturated carbocycles. The van der Waals surface area contributed by atoms with E-state index in [9.17, 15) is 9.59 Å². The highest BCUT2D eigenvalue weighted by molar-refractivity contribution is 14.1. The van der Waals surface area contributed by atoms with Gasteiger partial charge < -0.3 is 19.9 Å². The van der Waals surface area contributed by atoms with E-state index in [0.717, 1.165) is 3.57 Å². The Labute approximate surface area is 124 Å². The number of carboxylic acid groups (broad SMARTS) is 1. The van der Waals surface area contributed by atoms with Crippen molar-refractivity contribution in [1.82, 2.24) is 0 Å². The average Bonchev–Trinajstić information content (AvgIpc) is 2.34. The molecule has 0 heterocycles. The number of carbonyl (C=O) groups excluding carboxylic acids is 1. The number of hydrogen-bond donors (Lipinski definition) is 2. The third-order valence-corrected chi connectivity index (χ3v) is 2.72. The van der Waals surface area contributed by atoms with Gasteiger partial charge in [0.2, 0.25) is 5.91 Å². The molecule has 0 atom stereocenters. The first-order valence-corrected chi connectivity index (χ1v) is 6.51. The number of aromatic carboxylic acids is 1. The second kappa shape index (κ2) is 8.08. The van der Waals surface area contributed by atoms with Gasteiger partial charge in [0.05, 0.1) is 18.8 Å². The van der Waals surface area contributed by atoms with E-state index in [1.165, 1.54) is 12.1 Å². The lowest BCUT2D eigenvalue weighted by Crippen LogP contribution is -2.20. The van der Waals surface area contributed by atoms with Gasteiger partial charge in [-0.15, -0.1) is 0 Å². The van der Waals surface area contributed by atoms with Crippen molar-refractivity contribution >= 4 is 40.2 Å². The predicted molar refractivity (Wildman–Crippen MR) is 77.4 cm³/mol. The van der Waals surface area contributed by atoms with Gasteiger partial charge in [-0.1, -0.05) is 0 Å². The Kier molecular flexibility index (Phi) is 6.74. The largest absolute Gasteiger partial charge is 0.478 e. The van der Waals surface area contributed by atoms with E-state index in [4.69, 9.17) is 14.6 Å². The molecule has 0 unspecified atom stereocenters. The first kappa shape index (κ1) is 15.9.